The minimum Gasteiger partial charge on any atom is -0.455 e. The smallest absolute Gasteiger partial charge is 0.312 e. The maximum atomic E-state index is 12.8. The van der Waals surface area contributed by atoms with Crippen molar-refractivity contribution in [2.45, 2.75) is 62.7 Å². The highest BCUT2D eigenvalue weighted by molar-refractivity contribution is 6.24. The summed E-state index contributed by atoms with van der Waals surface area (Å²) in [7, 11) is 0. The third kappa shape index (κ3) is 2.88. The molecule has 2 atom stereocenters. The lowest BCUT2D eigenvalue weighted by Crippen LogP contribution is -2.56. The van der Waals surface area contributed by atoms with Crippen molar-refractivity contribution < 1.29 is 14.3 Å². The number of hydrogen-bond donors (Lipinski definition) is 0. The van der Waals surface area contributed by atoms with Crippen LogP contribution >= 0.6 is 11.6 Å². The van der Waals surface area contributed by atoms with Gasteiger partial charge in [0.2, 0.25) is 0 Å². The van der Waals surface area contributed by atoms with Gasteiger partial charge in [-0.15, -0.1) is 11.6 Å². The van der Waals surface area contributed by atoms with E-state index in [-0.39, 0.29) is 23.4 Å². The summed E-state index contributed by atoms with van der Waals surface area (Å²) >= 11 is 6.77. The molecule has 0 N–H and O–H groups in total. The number of halogens is 1. The molecular formula is C18H26ClNO3. The maximum Gasteiger partial charge on any atom is 0.312 e. The molecule has 1 saturated heterocycles. The number of amides is 1. The number of alkyl halides is 1. The average Bonchev–Trinajstić information content (AvgIpc) is 2.50. The Kier molecular flexibility index (Phi) is 3.86. The summed E-state index contributed by atoms with van der Waals surface area (Å²) in [6.45, 7) is 1.51. The van der Waals surface area contributed by atoms with Crippen molar-refractivity contribution in [3.8, 4) is 0 Å². The number of carbonyl (C=O) groups is 2. The first kappa shape index (κ1) is 15.7. The van der Waals surface area contributed by atoms with Crippen LogP contribution in [0.4, 0.5) is 0 Å². The molecule has 4 bridgehead atoms. The van der Waals surface area contributed by atoms with Crippen LogP contribution in [-0.2, 0) is 14.3 Å². The van der Waals surface area contributed by atoms with E-state index in [1.165, 1.54) is 12.8 Å². The molecule has 1 amide bonds. The summed E-state index contributed by atoms with van der Waals surface area (Å²) in [6.07, 6.45) is 9.18. The predicted molar refractivity (Wildman–Crippen MR) is 87.1 cm³/mol. The van der Waals surface area contributed by atoms with E-state index in [1.54, 1.807) is 0 Å². The zero-order valence-electron chi connectivity index (χ0n) is 13.7. The summed E-state index contributed by atoms with van der Waals surface area (Å²) in [4.78, 5) is 26.6. The Hall–Kier alpha value is -0.770. The van der Waals surface area contributed by atoms with Crippen LogP contribution in [0.15, 0.2) is 0 Å². The minimum atomic E-state index is -0.409. The van der Waals surface area contributed by atoms with E-state index in [2.05, 4.69) is 0 Å². The molecular weight excluding hydrogens is 314 g/mol. The fraction of sp³-hybridized carbons (Fsp3) is 0.889. The standard InChI is InChI=1S/C18H26ClNO3/c19-18-9-13-6-14(10-18)8-17(7-13,12-18)16(22)23-11-15(21)20-4-2-1-3-5-20/h13-14H,1-12H2/t13-,14-,17?,18?/m1/s1. The van der Waals surface area contributed by atoms with Gasteiger partial charge in [0.15, 0.2) is 6.61 Å². The molecule has 0 aromatic heterocycles. The SMILES string of the molecule is O=C(COC(=O)C12C[C@H]3C[C@@H](CC(Cl)(C3)C1)C2)N1CCCCC1. The molecule has 4 nitrogen and oxygen atoms in total. The van der Waals surface area contributed by atoms with Crippen LogP contribution in [0.5, 0.6) is 0 Å². The van der Waals surface area contributed by atoms with Gasteiger partial charge in [-0.25, -0.2) is 0 Å². The molecule has 0 aromatic carbocycles. The monoisotopic (exact) mass is 339 g/mol. The summed E-state index contributed by atoms with van der Waals surface area (Å²) in [5.41, 5.74) is -0.409. The zero-order chi connectivity index (χ0) is 16.1. The number of likely N-dealkylation sites (tertiary alicyclic amines) is 1. The maximum absolute atomic E-state index is 12.8. The highest BCUT2D eigenvalue weighted by Crippen LogP contribution is 2.64. The van der Waals surface area contributed by atoms with E-state index in [9.17, 15) is 9.59 Å². The van der Waals surface area contributed by atoms with E-state index < -0.39 is 5.41 Å². The van der Waals surface area contributed by atoms with Gasteiger partial charge >= 0.3 is 5.97 Å². The molecule has 4 saturated carbocycles. The molecule has 1 aliphatic heterocycles. The van der Waals surface area contributed by atoms with Crippen LogP contribution in [-0.4, -0.2) is 41.3 Å². The topological polar surface area (TPSA) is 46.6 Å². The number of piperidine rings is 1. The van der Waals surface area contributed by atoms with Crippen molar-refractivity contribution in [1.29, 1.82) is 0 Å². The van der Waals surface area contributed by atoms with Gasteiger partial charge in [-0.05, 0) is 69.6 Å². The number of ether oxygens (including phenoxy) is 1. The molecule has 5 heteroatoms. The normalized spacial score (nSPS) is 41.9. The second kappa shape index (κ2) is 5.65. The number of carbonyl (C=O) groups excluding carboxylic acids is 2. The third-order valence-electron chi connectivity index (χ3n) is 6.46. The zero-order valence-corrected chi connectivity index (χ0v) is 14.4. The Morgan fingerprint density at radius 3 is 2.30 bits per heavy atom. The van der Waals surface area contributed by atoms with E-state index in [4.69, 9.17) is 16.3 Å². The van der Waals surface area contributed by atoms with Gasteiger partial charge in [0.05, 0.1) is 5.41 Å². The second-order valence-corrected chi connectivity index (χ2v) is 9.21. The van der Waals surface area contributed by atoms with Crippen molar-refractivity contribution in [1.82, 2.24) is 4.90 Å². The molecule has 5 aliphatic rings. The number of esters is 1. The summed E-state index contributed by atoms with van der Waals surface area (Å²) in [6, 6.07) is 0. The predicted octanol–water partition coefficient (Wildman–Crippen LogP) is 3.12. The van der Waals surface area contributed by atoms with Crippen LogP contribution in [0.2, 0.25) is 0 Å². The molecule has 128 valence electrons. The van der Waals surface area contributed by atoms with Gasteiger partial charge in [-0.2, -0.15) is 0 Å². The van der Waals surface area contributed by atoms with Crippen molar-refractivity contribution in [3.05, 3.63) is 0 Å². The van der Waals surface area contributed by atoms with E-state index in [0.29, 0.717) is 11.8 Å². The average molecular weight is 340 g/mol. The fourth-order valence-electron chi connectivity index (χ4n) is 5.90. The van der Waals surface area contributed by atoms with Crippen LogP contribution in [0.1, 0.15) is 57.8 Å². The molecule has 5 rings (SSSR count). The summed E-state index contributed by atoms with van der Waals surface area (Å²) in [5, 5.41) is 0. The van der Waals surface area contributed by atoms with Crippen molar-refractivity contribution >= 4 is 23.5 Å². The van der Waals surface area contributed by atoms with Gasteiger partial charge in [-0.3, -0.25) is 9.59 Å². The Morgan fingerprint density at radius 2 is 1.70 bits per heavy atom. The van der Waals surface area contributed by atoms with Crippen molar-refractivity contribution in [2.24, 2.45) is 17.3 Å². The number of rotatable bonds is 3. The molecule has 1 heterocycles. The quantitative estimate of drug-likeness (QED) is 0.586. The Bertz CT molecular complexity index is 500. The van der Waals surface area contributed by atoms with Crippen molar-refractivity contribution in [3.63, 3.8) is 0 Å². The second-order valence-electron chi connectivity index (χ2n) is 8.41. The Labute approximate surface area is 142 Å². The highest BCUT2D eigenvalue weighted by atomic mass is 35.5. The van der Waals surface area contributed by atoms with E-state index >= 15 is 0 Å². The van der Waals surface area contributed by atoms with Gasteiger partial charge in [0.1, 0.15) is 0 Å². The van der Waals surface area contributed by atoms with E-state index in [1.807, 2.05) is 4.90 Å². The molecule has 0 aromatic rings. The largest absolute Gasteiger partial charge is 0.455 e. The lowest BCUT2D eigenvalue weighted by molar-refractivity contribution is -0.173. The van der Waals surface area contributed by atoms with Gasteiger partial charge in [0.25, 0.3) is 5.91 Å². The summed E-state index contributed by atoms with van der Waals surface area (Å²) < 4.78 is 5.50. The van der Waals surface area contributed by atoms with Crippen LogP contribution < -0.4 is 0 Å². The lowest BCUT2D eigenvalue weighted by Gasteiger charge is -2.58. The number of nitrogens with zero attached hydrogens (tertiary/aromatic N) is 1. The Balaban J connectivity index is 1.38. The first-order chi connectivity index (χ1) is 11.0. The van der Waals surface area contributed by atoms with E-state index in [0.717, 1.165) is 58.0 Å². The fourth-order valence-corrected chi connectivity index (χ4v) is 6.60. The van der Waals surface area contributed by atoms with Crippen LogP contribution in [0.3, 0.4) is 0 Å². The van der Waals surface area contributed by atoms with Gasteiger partial charge < -0.3 is 9.64 Å². The molecule has 0 spiro atoms. The molecule has 4 aliphatic carbocycles. The van der Waals surface area contributed by atoms with Crippen LogP contribution in [0, 0.1) is 17.3 Å². The van der Waals surface area contributed by atoms with Crippen molar-refractivity contribution in [2.75, 3.05) is 19.7 Å². The highest BCUT2D eigenvalue weighted by Gasteiger charge is 2.60. The van der Waals surface area contributed by atoms with Gasteiger partial charge in [-0.1, -0.05) is 0 Å². The van der Waals surface area contributed by atoms with Gasteiger partial charge in [0, 0.05) is 18.0 Å². The molecule has 0 radical (unpaired) electrons. The summed E-state index contributed by atoms with van der Waals surface area (Å²) in [5.74, 6) is 0.934. The Morgan fingerprint density at radius 1 is 1.04 bits per heavy atom. The first-order valence-corrected chi connectivity index (χ1v) is 9.50. The number of hydrogen-bond acceptors (Lipinski definition) is 3. The molecule has 5 fully saturated rings. The minimum absolute atomic E-state index is 0.0386. The molecule has 23 heavy (non-hydrogen) atoms. The first-order valence-electron chi connectivity index (χ1n) is 9.12. The lowest BCUT2D eigenvalue weighted by atomic mass is 9.49. The third-order valence-corrected chi connectivity index (χ3v) is 6.90. The molecule has 0 unspecified atom stereocenters. The van der Waals surface area contributed by atoms with Crippen LogP contribution in [0.25, 0.3) is 0 Å².